The summed E-state index contributed by atoms with van der Waals surface area (Å²) in [4.78, 5) is 15.1. The fourth-order valence-corrected chi connectivity index (χ4v) is 6.75. The van der Waals surface area contributed by atoms with E-state index in [9.17, 15) is 14.1 Å². The maximum Gasteiger partial charge on any atom is 0.220 e. The molecular weight excluding hydrogens is 564 g/mol. The van der Waals surface area contributed by atoms with E-state index in [1.54, 1.807) is 30.3 Å². The molecule has 1 saturated heterocycles. The van der Waals surface area contributed by atoms with Crippen molar-refractivity contribution in [2.45, 2.75) is 35.4 Å². The number of carbonyl (C=O) groups excluding carboxylic acids is 1. The fraction of sp³-hybridized carbons (Fsp3) is 0.229. The molecule has 220 valence electrons. The largest absolute Gasteiger partial charge is 0.496 e. The van der Waals surface area contributed by atoms with Crippen molar-refractivity contribution in [3.8, 4) is 5.75 Å². The molecular formula is C35H32O7S. The van der Waals surface area contributed by atoms with Crippen LogP contribution in [0.3, 0.4) is 0 Å². The van der Waals surface area contributed by atoms with Crippen LogP contribution in [-0.4, -0.2) is 45.8 Å². The molecule has 43 heavy (non-hydrogen) atoms. The molecule has 1 heterocycles. The molecule has 0 amide bonds. The predicted molar refractivity (Wildman–Crippen MR) is 162 cm³/mol. The number of rotatable bonds is 10. The number of ketones is 1. The molecule has 0 bridgehead atoms. The second-order valence-corrected chi connectivity index (χ2v) is 12.0. The van der Waals surface area contributed by atoms with Crippen LogP contribution in [0.5, 0.6) is 5.75 Å². The van der Waals surface area contributed by atoms with Gasteiger partial charge in [-0.1, -0.05) is 91.0 Å². The summed E-state index contributed by atoms with van der Waals surface area (Å²) >= 11 is 0. The zero-order valence-corrected chi connectivity index (χ0v) is 24.5. The third kappa shape index (κ3) is 5.21. The molecule has 4 atom stereocenters. The molecule has 6 rings (SSSR count). The van der Waals surface area contributed by atoms with Gasteiger partial charge in [0.25, 0.3) is 0 Å². The van der Waals surface area contributed by atoms with Crippen molar-refractivity contribution >= 4 is 16.6 Å². The number of aliphatic hydroxyl groups is 1. The first kappa shape index (κ1) is 29.0. The Morgan fingerprint density at radius 2 is 1.51 bits per heavy atom. The molecule has 4 aromatic rings. The Balaban J connectivity index is 1.47. The first-order chi connectivity index (χ1) is 21.0. The van der Waals surface area contributed by atoms with Gasteiger partial charge in [0.05, 0.1) is 36.7 Å². The Kier molecular flexibility index (Phi) is 8.27. The van der Waals surface area contributed by atoms with E-state index in [0.717, 1.165) is 11.1 Å². The number of hydrogen-bond donors (Lipinski definition) is 1. The quantitative estimate of drug-likeness (QED) is 0.256. The number of hydrogen-bond acceptors (Lipinski definition) is 7. The van der Waals surface area contributed by atoms with Gasteiger partial charge in [0.1, 0.15) is 24.2 Å². The van der Waals surface area contributed by atoms with Gasteiger partial charge in [-0.25, -0.2) is 0 Å². The lowest BCUT2D eigenvalue weighted by atomic mass is 9.66. The van der Waals surface area contributed by atoms with Crippen molar-refractivity contribution in [2.75, 3.05) is 19.5 Å². The molecule has 4 aromatic carbocycles. The summed E-state index contributed by atoms with van der Waals surface area (Å²) < 4.78 is 38.1. The molecule has 1 N–H and O–H groups in total. The smallest absolute Gasteiger partial charge is 0.220 e. The molecule has 0 aromatic heterocycles. The second-order valence-electron chi connectivity index (χ2n) is 10.5. The Bertz CT molecular complexity index is 1640. The highest BCUT2D eigenvalue weighted by molar-refractivity contribution is 7.85. The van der Waals surface area contributed by atoms with Gasteiger partial charge in [-0.3, -0.25) is 9.00 Å². The van der Waals surface area contributed by atoms with Crippen molar-refractivity contribution in [1.82, 2.24) is 0 Å². The van der Waals surface area contributed by atoms with Crippen LogP contribution in [0.1, 0.15) is 33.2 Å². The van der Waals surface area contributed by atoms with Crippen LogP contribution in [0.25, 0.3) is 0 Å². The maximum atomic E-state index is 14.5. The van der Waals surface area contributed by atoms with E-state index in [-0.39, 0.29) is 36.9 Å². The summed E-state index contributed by atoms with van der Waals surface area (Å²) in [5.74, 6) is -0.306. The Hall–Kier alpha value is -4.08. The SMILES string of the molecule is COc1cccc2c1C(=O)[C@@]1(O)/C(=C/CS(=O)c3ccccc3)OC[C@@]1(OCc1ccccc1)[C@@H]2OCc1ccccc1. The number of fused-ring (bicyclic) bond motifs is 2. The normalized spacial score (nSPS) is 24.2. The minimum Gasteiger partial charge on any atom is -0.496 e. The number of Topliss-reactive ketones (excluding diaryl/α,β-unsaturated/α-hetero) is 1. The van der Waals surface area contributed by atoms with E-state index in [2.05, 4.69) is 0 Å². The van der Waals surface area contributed by atoms with Gasteiger partial charge in [0.2, 0.25) is 11.4 Å². The molecule has 0 radical (unpaired) electrons. The number of methoxy groups -OCH3 is 1. The third-order valence-electron chi connectivity index (χ3n) is 7.98. The van der Waals surface area contributed by atoms with E-state index in [1.807, 2.05) is 78.9 Å². The lowest BCUT2D eigenvalue weighted by Crippen LogP contribution is -2.65. The van der Waals surface area contributed by atoms with E-state index in [4.69, 9.17) is 18.9 Å². The van der Waals surface area contributed by atoms with Crippen LogP contribution in [0.4, 0.5) is 0 Å². The minimum absolute atomic E-state index is 0.0142. The van der Waals surface area contributed by atoms with Crippen molar-refractivity contribution in [2.24, 2.45) is 0 Å². The van der Waals surface area contributed by atoms with Crippen LogP contribution >= 0.6 is 0 Å². The zero-order valence-electron chi connectivity index (χ0n) is 23.7. The monoisotopic (exact) mass is 596 g/mol. The average molecular weight is 597 g/mol. The maximum absolute atomic E-state index is 14.5. The standard InChI is InChI=1S/C35H32O7S/c1-39-29-19-11-18-28-31(29)32(36)35(37)30(20-21-43(38)27-16-9-4-10-17-27)41-24-34(35,42-23-26-14-7-3-8-15-26)33(28)40-22-25-12-5-2-6-13-25/h2-20,33,37H,21-24H2,1H3/b30-20-/t33-,34-,35+,43?/m1/s1. The molecule has 2 aliphatic rings. The van der Waals surface area contributed by atoms with Crippen LogP contribution in [0.2, 0.25) is 0 Å². The van der Waals surface area contributed by atoms with Gasteiger partial charge in [-0.2, -0.15) is 0 Å². The van der Waals surface area contributed by atoms with Gasteiger partial charge in [-0.05, 0) is 41.0 Å². The second kappa shape index (κ2) is 12.3. The van der Waals surface area contributed by atoms with E-state index < -0.39 is 33.9 Å². The van der Waals surface area contributed by atoms with Crippen molar-refractivity contribution < 1.29 is 33.1 Å². The summed E-state index contributed by atoms with van der Waals surface area (Å²) in [6.07, 6.45) is 0.610. The van der Waals surface area contributed by atoms with Crippen molar-refractivity contribution in [1.29, 1.82) is 0 Å². The highest BCUT2D eigenvalue weighted by Gasteiger charge is 2.72. The summed E-state index contributed by atoms with van der Waals surface area (Å²) in [7, 11) is 0.0458. The van der Waals surface area contributed by atoms with E-state index in [0.29, 0.717) is 16.2 Å². The lowest BCUT2D eigenvalue weighted by Gasteiger charge is -2.47. The lowest BCUT2D eigenvalue weighted by molar-refractivity contribution is -0.214. The van der Waals surface area contributed by atoms with Crippen LogP contribution < -0.4 is 4.74 Å². The van der Waals surface area contributed by atoms with Crippen LogP contribution in [0, 0.1) is 0 Å². The van der Waals surface area contributed by atoms with Crippen LogP contribution in [0.15, 0.2) is 126 Å². The number of benzene rings is 4. The molecule has 1 unspecified atom stereocenters. The topological polar surface area (TPSA) is 91.3 Å². The zero-order chi connectivity index (χ0) is 29.9. The molecule has 0 saturated carbocycles. The highest BCUT2D eigenvalue weighted by Crippen LogP contribution is 2.56. The fourth-order valence-electron chi connectivity index (χ4n) is 5.80. The summed E-state index contributed by atoms with van der Waals surface area (Å²) in [6.45, 7) is 0.120. The molecule has 7 nitrogen and oxygen atoms in total. The Morgan fingerprint density at radius 3 is 2.16 bits per heavy atom. The van der Waals surface area contributed by atoms with Gasteiger partial charge in [-0.15, -0.1) is 0 Å². The molecule has 1 aliphatic carbocycles. The predicted octanol–water partition coefficient (Wildman–Crippen LogP) is 5.56. The molecule has 1 aliphatic heterocycles. The number of ether oxygens (including phenoxy) is 4. The Morgan fingerprint density at radius 1 is 0.884 bits per heavy atom. The van der Waals surface area contributed by atoms with Gasteiger partial charge in [0, 0.05) is 10.6 Å². The summed E-state index contributed by atoms with van der Waals surface area (Å²) in [6, 6.07) is 33.4. The average Bonchev–Trinajstić information content (AvgIpc) is 3.36. The highest BCUT2D eigenvalue weighted by atomic mass is 32.2. The third-order valence-corrected chi connectivity index (χ3v) is 9.24. The van der Waals surface area contributed by atoms with Gasteiger partial charge in [0.15, 0.2) is 5.60 Å². The Labute approximate surface area is 253 Å². The molecule has 0 spiro atoms. The number of carbonyl (C=O) groups is 1. The van der Waals surface area contributed by atoms with Crippen LogP contribution in [-0.2, 0) is 38.2 Å². The van der Waals surface area contributed by atoms with Crippen molar-refractivity contribution in [3.05, 3.63) is 143 Å². The first-order valence-electron chi connectivity index (χ1n) is 14.0. The molecule has 8 heteroatoms. The van der Waals surface area contributed by atoms with E-state index >= 15 is 0 Å². The first-order valence-corrected chi connectivity index (χ1v) is 15.3. The summed E-state index contributed by atoms with van der Waals surface area (Å²) in [5, 5.41) is 12.7. The van der Waals surface area contributed by atoms with Gasteiger partial charge < -0.3 is 24.1 Å². The van der Waals surface area contributed by atoms with E-state index in [1.165, 1.54) is 13.2 Å². The molecule has 1 fully saturated rings. The van der Waals surface area contributed by atoms with Crippen molar-refractivity contribution in [3.63, 3.8) is 0 Å². The minimum atomic E-state index is -2.29. The van der Waals surface area contributed by atoms with Gasteiger partial charge >= 0.3 is 0 Å². The summed E-state index contributed by atoms with van der Waals surface area (Å²) in [5.41, 5.74) is -1.44.